The van der Waals surface area contributed by atoms with Gasteiger partial charge in [-0.3, -0.25) is 0 Å². The maximum Gasteiger partial charge on any atom is 0.408 e. The Morgan fingerprint density at radius 1 is 1.29 bits per heavy atom. The number of hydrogen-bond donors (Lipinski definition) is 2. The molecule has 1 fully saturated rings. The van der Waals surface area contributed by atoms with Crippen molar-refractivity contribution in [1.82, 2.24) is 15.3 Å². The number of carbonyl (C=O) groups is 1. The first-order valence-corrected chi connectivity index (χ1v) is 8.71. The summed E-state index contributed by atoms with van der Waals surface area (Å²) in [6, 6.07) is 9.66. The molecule has 5 nitrogen and oxygen atoms in total. The number of aromatic nitrogens is 2. The second kappa shape index (κ2) is 7.99. The van der Waals surface area contributed by atoms with Crippen LogP contribution in [0.5, 0.6) is 0 Å². The lowest BCUT2D eigenvalue weighted by atomic mass is 9.83. The highest BCUT2D eigenvalue weighted by molar-refractivity contribution is 5.67. The van der Waals surface area contributed by atoms with Gasteiger partial charge < -0.3 is 15.0 Å². The highest BCUT2D eigenvalue weighted by Gasteiger charge is 2.28. The van der Waals surface area contributed by atoms with E-state index in [2.05, 4.69) is 15.3 Å². The lowest BCUT2D eigenvalue weighted by Gasteiger charge is -2.30. The van der Waals surface area contributed by atoms with E-state index in [9.17, 15) is 4.79 Å². The van der Waals surface area contributed by atoms with Gasteiger partial charge >= 0.3 is 6.09 Å². The zero-order chi connectivity index (χ0) is 16.8. The van der Waals surface area contributed by atoms with Crippen molar-refractivity contribution in [3.8, 4) is 0 Å². The van der Waals surface area contributed by atoms with E-state index in [1.54, 1.807) is 0 Å². The van der Waals surface area contributed by atoms with Crippen molar-refractivity contribution >= 4 is 6.09 Å². The lowest BCUT2D eigenvalue weighted by Crippen LogP contribution is -2.35. The number of aromatic amines is 1. The van der Waals surface area contributed by atoms with Crippen LogP contribution in [-0.2, 0) is 11.3 Å². The molecule has 1 aromatic heterocycles. The molecule has 1 unspecified atom stereocenters. The SMILES string of the molecule is Cc1ncc(C(NC(=O)OCc2ccccc2)C2CCCCC2)[nH]1. The second-order valence-corrected chi connectivity index (χ2v) is 6.51. The molecule has 24 heavy (non-hydrogen) atoms. The number of rotatable bonds is 5. The van der Waals surface area contributed by atoms with Gasteiger partial charge in [-0.2, -0.15) is 0 Å². The summed E-state index contributed by atoms with van der Waals surface area (Å²) < 4.78 is 5.39. The highest BCUT2D eigenvalue weighted by atomic mass is 16.5. The summed E-state index contributed by atoms with van der Waals surface area (Å²) in [7, 11) is 0. The molecule has 1 aliphatic carbocycles. The van der Waals surface area contributed by atoms with Crippen LogP contribution in [0.25, 0.3) is 0 Å². The zero-order valence-electron chi connectivity index (χ0n) is 14.1. The Kier molecular flexibility index (Phi) is 5.51. The first kappa shape index (κ1) is 16.6. The molecule has 0 aliphatic heterocycles. The standard InChI is InChI=1S/C19H25N3O2/c1-14-20-12-17(21-14)18(16-10-6-3-7-11-16)22-19(23)24-13-15-8-4-2-5-9-15/h2,4-5,8-9,12,16,18H,3,6-7,10-11,13H2,1H3,(H,20,21)(H,22,23). The fourth-order valence-corrected chi connectivity index (χ4v) is 3.41. The Morgan fingerprint density at radius 3 is 2.71 bits per heavy atom. The van der Waals surface area contributed by atoms with Gasteiger partial charge in [0.1, 0.15) is 12.4 Å². The highest BCUT2D eigenvalue weighted by Crippen LogP contribution is 2.33. The summed E-state index contributed by atoms with van der Waals surface area (Å²) in [5, 5.41) is 3.05. The van der Waals surface area contributed by atoms with Crippen LogP contribution in [0.15, 0.2) is 36.5 Å². The number of aryl methyl sites for hydroxylation is 1. The van der Waals surface area contributed by atoms with Crippen molar-refractivity contribution in [2.75, 3.05) is 0 Å². The fourth-order valence-electron chi connectivity index (χ4n) is 3.41. The number of ether oxygens (including phenoxy) is 1. The molecule has 1 saturated carbocycles. The number of H-pyrrole nitrogens is 1. The number of carbonyl (C=O) groups excluding carboxylic acids is 1. The van der Waals surface area contributed by atoms with Crippen molar-refractivity contribution in [1.29, 1.82) is 0 Å². The third-order valence-corrected chi connectivity index (χ3v) is 4.66. The molecule has 1 aromatic carbocycles. The van der Waals surface area contributed by atoms with Crippen molar-refractivity contribution in [2.45, 2.75) is 51.7 Å². The average molecular weight is 327 g/mol. The molecule has 0 spiro atoms. The summed E-state index contributed by atoms with van der Waals surface area (Å²) in [4.78, 5) is 19.8. The largest absolute Gasteiger partial charge is 0.445 e. The number of amides is 1. The van der Waals surface area contributed by atoms with E-state index in [1.165, 1.54) is 19.3 Å². The van der Waals surface area contributed by atoms with Gasteiger partial charge in [0.2, 0.25) is 0 Å². The molecular weight excluding hydrogens is 302 g/mol. The molecule has 0 saturated heterocycles. The number of benzene rings is 1. The molecule has 128 valence electrons. The van der Waals surface area contributed by atoms with E-state index >= 15 is 0 Å². The third kappa shape index (κ3) is 4.37. The first-order valence-electron chi connectivity index (χ1n) is 8.71. The molecule has 2 aromatic rings. The summed E-state index contributed by atoms with van der Waals surface area (Å²) in [6.07, 6.45) is 7.42. The Labute approximate surface area is 142 Å². The molecule has 0 radical (unpaired) electrons. The van der Waals surface area contributed by atoms with Crippen molar-refractivity contribution in [2.24, 2.45) is 5.92 Å². The molecule has 3 rings (SSSR count). The maximum absolute atomic E-state index is 12.3. The van der Waals surface area contributed by atoms with E-state index in [1.807, 2.05) is 43.5 Å². The predicted octanol–water partition coefficient (Wildman–Crippen LogP) is 4.27. The van der Waals surface area contributed by atoms with Crippen LogP contribution in [0.3, 0.4) is 0 Å². The summed E-state index contributed by atoms with van der Waals surface area (Å²) in [5.74, 6) is 1.30. The van der Waals surface area contributed by atoms with Gasteiger partial charge in [-0.05, 0) is 31.2 Å². The van der Waals surface area contributed by atoms with Crippen LogP contribution in [-0.4, -0.2) is 16.1 Å². The van der Waals surface area contributed by atoms with E-state index in [-0.39, 0.29) is 18.7 Å². The quantitative estimate of drug-likeness (QED) is 0.862. The van der Waals surface area contributed by atoms with Gasteiger partial charge in [0.05, 0.1) is 17.9 Å². The zero-order valence-corrected chi connectivity index (χ0v) is 14.1. The van der Waals surface area contributed by atoms with E-state index < -0.39 is 0 Å². The summed E-state index contributed by atoms with van der Waals surface area (Å²) >= 11 is 0. The number of alkyl carbamates (subject to hydrolysis) is 1. The van der Waals surface area contributed by atoms with Crippen LogP contribution < -0.4 is 5.32 Å². The molecule has 1 atom stereocenters. The average Bonchev–Trinajstić information content (AvgIpc) is 3.05. The van der Waals surface area contributed by atoms with Gasteiger partial charge in [0.25, 0.3) is 0 Å². The van der Waals surface area contributed by atoms with Crippen molar-refractivity contribution in [3.63, 3.8) is 0 Å². The monoisotopic (exact) mass is 327 g/mol. The Bertz CT molecular complexity index is 648. The smallest absolute Gasteiger partial charge is 0.408 e. The number of hydrogen-bond acceptors (Lipinski definition) is 3. The van der Waals surface area contributed by atoms with Crippen LogP contribution in [0, 0.1) is 12.8 Å². The van der Waals surface area contributed by atoms with Gasteiger partial charge in [-0.15, -0.1) is 0 Å². The van der Waals surface area contributed by atoms with E-state index in [4.69, 9.17) is 4.74 Å². The molecule has 1 aliphatic rings. The minimum absolute atomic E-state index is 0.0604. The fraction of sp³-hybridized carbons (Fsp3) is 0.474. The normalized spacial score (nSPS) is 16.5. The third-order valence-electron chi connectivity index (χ3n) is 4.66. The molecule has 1 amide bonds. The number of imidazole rings is 1. The van der Waals surface area contributed by atoms with Crippen LogP contribution >= 0.6 is 0 Å². The van der Waals surface area contributed by atoms with Crippen LogP contribution in [0.4, 0.5) is 4.79 Å². The van der Waals surface area contributed by atoms with Crippen molar-refractivity contribution in [3.05, 3.63) is 53.6 Å². The molecular formula is C19H25N3O2. The van der Waals surface area contributed by atoms with E-state index in [0.29, 0.717) is 5.92 Å². The van der Waals surface area contributed by atoms with Gasteiger partial charge in [0, 0.05) is 0 Å². The minimum atomic E-state index is -0.373. The van der Waals surface area contributed by atoms with E-state index in [0.717, 1.165) is 29.9 Å². The van der Waals surface area contributed by atoms with Gasteiger partial charge in [-0.1, -0.05) is 49.6 Å². The maximum atomic E-state index is 12.3. The van der Waals surface area contributed by atoms with Gasteiger partial charge in [-0.25, -0.2) is 9.78 Å². The Balaban J connectivity index is 1.63. The minimum Gasteiger partial charge on any atom is -0.445 e. The van der Waals surface area contributed by atoms with Crippen molar-refractivity contribution < 1.29 is 9.53 Å². The van der Waals surface area contributed by atoms with Crippen LogP contribution in [0.2, 0.25) is 0 Å². The Hall–Kier alpha value is -2.30. The Morgan fingerprint density at radius 2 is 2.04 bits per heavy atom. The van der Waals surface area contributed by atoms with Gasteiger partial charge in [0.15, 0.2) is 0 Å². The molecule has 0 bridgehead atoms. The lowest BCUT2D eigenvalue weighted by molar-refractivity contribution is 0.128. The second-order valence-electron chi connectivity index (χ2n) is 6.51. The molecule has 2 N–H and O–H groups in total. The van der Waals surface area contributed by atoms with Crippen LogP contribution in [0.1, 0.15) is 55.2 Å². The number of nitrogens with one attached hydrogen (secondary N) is 2. The predicted molar refractivity (Wildman–Crippen MR) is 92.4 cm³/mol. The molecule has 1 heterocycles. The topological polar surface area (TPSA) is 67.0 Å². The number of nitrogens with zero attached hydrogens (tertiary/aromatic N) is 1. The summed E-state index contributed by atoms with van der Waals surface area (Å²) in [5.41, 5.74) is 1.95. The first-order chi connectivity index (χ1) is 11.7. The summed E-state index contributed by atoms with van der Waals surface area (Å²) in [6.45, 7) is 2.21. The molecule has 5 heteroatoms.